The average Bonchev–Trinajstić information content (AvgIpc) is 3.20. The van der Waals surface area contributed by atoms with Gasteiger partial charge in [0.15, 0.2) is 0 Å². The van der Waals surface area contributed by atoms with E-state index in [9.17, 15) is 22.8 Å². The number of amides is 2. The van der Waals surface area contributed by atoms with Crippen LogP contribution in [-0.4, -0.2) is 43.1 Å². The topological polar surface area (TPSA) is 59.1 Å². The van der Waals surface area contributed by atoms with Crippen molar-refractivity contribution in [2.75, 3.05) is 25.1 Å². The lowest BCUT2D eigenvalue weighted by atomic mass is 9.72. The van der Waals surface area contributed by atoms with E-state index >= 15 is 0 Å². The molecule has 0 unspecified atom stereocenters. The van der Waals surface area contributed by atoms with Crippen molar-refractivity contribution in [3.63, 3.8) is 0 Å². The summed E-state index contributed by atoms with van der Waals surface area (Å²) in [5, 5.41) is 0. The fraction of sp³-hybridized carbons (Fsp3) is 0.515. The average molecular weight is 585 g/mol. The van der Waals surface area contributed by atoms with Crippen LogP contribution in [0.2, 0.25) is 0 Å². The molecule has 0 aromatic heterocycles. The Morgan fingerprint density at radius 3 is 2.52 bits per heavy atom. The highest BCUT2D eigenvalue weighted by molar-refractivity contribution is 5.95. The van der Waals surface area contributed by atoms with Crippen molar-refractivity contribution in [2.45, 2.75) is 84.5 Å². The summed E-state index contributed by atoms with van der Waals surface area (Å²) >= 11 is 0. The van der Waals surface area contributed by atoms with Crippen LogP contribution in [0.4, 0.5) is 23.7 Å². The molecule has 3 aliphatic rings. The van der Waals surface area contributed by atoms with Crippen molar-refractivity contribution in [2.24, 2.45) is 5.41 Å². The zero-order valence-electron chi connectivity index (χ0n) is 24.9. The number of carbonyl (C=O) groups excluding carboxylic acids is 2. The van der Waals surface area contributed by atoms with Crippen molar-refractivity contribution < 1.29 is 32.2 Å². The Kier molecular flexibility index (Phi) is 8.07. The van der Waals surface area contributed by atoms with Gasteiger partial charge in [0, 0.05) is 30.8 Å². The number of allylic oxidation sites excluding steroid dienone is 1. The summed E-state index contributed by atoms with van der Waals surface area (Å²) in [5.41, 5.74) is 3.93. The summed E-state index contributed by atoms with van der Waals surface area (Å²) in [7, 11) is 1.62. The monoisotopic (exact) mass is 584 g/mol. The van der Waals surface area contributed by atoms with Gasteiger partial charge >= 0.3 is 12.3 Å². The van der Waals surface area contributed by atoms with Crippen molar-refractivity contribution in [1.82, 2.24) is 4.90 Å². The van der Waals surface area contributed by atoms with E-state index in [0.717, 1.165) is 66.6 Å². The number of halogens is 3. The molecule has 2 aliphatic heterocycles. The highest BCUT2D eigenvalue weighted by Crippen LogP contribution is 2.47. The van der Waals surface area contributed by atoms with Crippen LogP contribution in [0.5, 0.6) is 5.75 Å². The molecule has 9 heteroatoms. The number of cyclic esters (lactones) is 1. The predicted molar refractivity (Wildman–Crippen MR) is 155 cm³/mol. The van der Waals surface area contributed by atoms with Gasteiger partial charge in [0.1, 0.15) is 11.9 Å². The number of hydrogen-bond donors (Lipinski definition) is 0. The van der Waals surface area contributed by atoms with Crippen LogP contribution in [0.3, 0.4) is 0 Å². The normalized spacial score (nSPS) is 23.0. The minimum atomic E-state index is -4.49. The number of benzene rings is 2. The van der Waals surface area contributed by atoms with Gasteiger partial charge < -0.3 is 14.4 Å². The number of anilines is 1. The van der Waals surface area contributed by atoms with Gasteiger partial charge in [0.05, 0.1) is 18.7 Å². The number of ether oxygens (including phenoxy) is 2. The second-order valence-electron chi connectivity index (χ2n) is 12.6. The van der Waals surface area contributed by atoms with E-state index in [0.29, 0.717) is 36.4 Å². The number of hydrogen-bond acceptors (Lipinski definition) is 4. The number of rotatable bonds is 6. The van der Waals surface area contributed by atoms with Crippen molar-refractivity contribution in [3.05, 3.63) is 64.2 Å². The molecule has 6 nitrogen and oxygen atoms in total. The van der Waals surface area contributed by atoms with Crippen LogP contribution in [0, 0.1) is 12.3 Å². The Labute approximate surface area is 245 Å². The summed E-state index contributed by atoms with van der Waals surface area (Å²) in [6.07, 6.45) is -1.03. The van der Waals surface area contributed by atoms with E-state index in [2.05, 4.69) is 13.8 Å². The summed E-state index contributed by atoms with van der Waals surface area (Å²) < 4.78 is 52.1. The van der Waals surface area contributed by atoms with Gasteiger partial charge in [0.2, 0.25) is 5.91 Å². The molecule has 2 aromatic rings. The molecular weight excluding hydrogens is 545 g/mol. The second-order valence-corrected chi connectivity index (χ2v) is 12.6. The Morgan fingerprint density at radius 1 is 1.07 bits per heavy atom. The maximum absolute atomic E-state index is 13.5. The molecule has 0 N–H and O–H groups in total. The predicted octanol–water partition coefficient (Wildman–Crippen LogP) is 8.09. The lowest BCUT2D eigenvalue weighted by Gasteiger charge is -2.36. The van der Waals surface area contributed by atoms with Crippen LogP contribution >= 0.6 is 0 Å². The number of methoxy groups -OCH3 is 1. The zero-order valence-corrected chi connectivity index (χ0v) is 24.9. The Balaban J connectivity index is 1.50. The Morgan fingerprint density at radius 2 is 1.83 bits per heavy atom. The first kappa shape index (κ1) is 30.0. The number of piperidine rings is 1. The lowest BCUT2D eigenvalue weighted by Crippen LogP contribution is -2.36. The molecule has 0 bridgehead atoms. The molecule has 2 heterocycles. The van der Waals surface area contributed by atoms with Crippen LogP contribution in [-0.2, 0) is 15.7 Å². The fourth-order valence-corrected chi connectivity index (χ4v) is 6.57. The summed E-state index contributed by atoms with van der Waals surface area (Å²) in [6, 6.07) is 9.20. The van der Waals surface area contributed by atoms with Crippen molar-refractivity contribution in [3.8, 4) is 5.75 Å². The first-order valence-electron chi connectivity index (χ1n) is 14.6. The minimum absolute atomic E-state index is 0.00304. The van der Waals surface area contributed by atoms with Gasteiger partial charge in [-0.25, -0.2) is 4.79 Å². The van der Waals surface area contributed by atoms with Gasteiger partial charge in [-0.15, -0.1) is 0 Å². The molecule has 2 amide bonds. The summed E-state index contributed by atoms with van der Waals surface area (Å²) in [6.45, 7) is 8.80. The maximum Gasteiger partial charge on any atom is 0.416 e. The molecule has 0 spiro atoms. The third kappa shape index (κ3) is 6.01. The van der Waals surface area contributed by atoms with Crippen LogP contribution in [0.25, 0.3) is 5.57 Å². The van der Waals surface area contributed by atoms with E-state index in [1.807, 2.05) is 30.0 Å². The number of nitrogens with zero attached hydrogens (tertiary/aromatic N) is 2. The molecule has 2 saturated heterocycles. The summed E-state index contributed by atoms with van der Waals surface area (Å²) in [4.78, 5) is 29.4. The summed E-state index contributed by atoms with van der Waals surface area (Å²) in [5.74, 6) is 0.811. The van der Waals surface area contributed by atoms with Gasteiger partial charge in [-0.2, -0.15) is 13.2 Å². The molecule has 2 atom stereocenters. The van der Waals surface area contributed by atoms with E-state index in [1.54, 1.807) is 25.0 Å². The second kappa shape index (κ2) is 11.3. The molecule has 226 valence electrons. The molecule has 42 heavy (non-hydrogen) atoms. The maximum atomic E-state index is 13.5. The first-order valence-corrected chi connectivity index (χ1v) is 14.6. The third-order valence-corrected chi connectivity index (χ3v) is 8.82. The van der Waals surface area contributed by atoms with Crippen LogP contribution in [0.15, 0.2) is 42.0 Å². The standard InChI is InChI=1S/C33H39F3N2O4/c1-20-14-22(16-24(15-20)33(34,35)36)30-21(2)38(31(40)42-30)19-23-18-32(3,4)12-11-26(23)27-17-25(9-10-28(27)41-5)37-13-7-6-8-29(37)39/h9-10,14-17,21,30H,6-8,11-13,18-19H2,1-5H3/t21-,30-/m0/s1. The number of alkyl halides is 3. The minimum Gasteiger partial charge on any atom is -0.496 e. The van der Waals surface area contributed by atoms with E-state index in [4.69, 9.17) is 9.47 Å². The zero-order chi connectivity index (χ0) is 30.4. The lowest BCUT2D eigenvalue weighted by molar-refractivity contribution is -0.137. The number of carbonyl (C=O) groups is 2. The smallest absolute Gasteiger partial charge is 0.416 e. The largest absolute Gasteiger partial charge is 0.496 e. The molecule has 0 saturated carbocycles. The highest BCUT2D eigenvalue weighted by atomic mass is 19.4. The van der Waals surface area contributed by atoms with E-state index < -0.39 is 30.0 Å². The van der Waals surface area contributed by atoms with Crippen molar-refractivity contribution >= 4 is 23.3 Å². The Bertz CT molecular complexity index is 1410. The van der Waals surface area contributed by atoms with E-state index in [-0.39, 0.29) is 11.3 Å². The molecule has 2 fully saturated rings. The van der Waals surface area contributed by atoms with Gasteiger partial charge in [0.25, 0.3) is 0 Å². The van der Waals surface area contributed by atoms with Crippen LogP contribution < -0.4 is 9.64 Å². The van der Waals surface area contributed by atoms with Crippen molar-refractivity contribution in [1.29, 1.82) is 0 Å². The van der Waals surface area contributed by atoms with E-state index in [1.165, 1.54) is 0 Å². The molecule has 0 radical (unpaired) electrons. The fourth-order valence-electron chi connectivity index (χ4n) is 6.57. The molecule has 5 rings (SSSR count). The third-order valence-electron chi connectivity index (χ3n) is 8.82. The molecular formula is C33H39F3N2O4. The van der Waals surface area contributed by atoms with Crippen LogP contribution in [0.1, 0.15) is 87.7 Å². The van der Waals surface area contributed by atoms with Gasteiger partial charge in [-0.05, 0) is 98.4 Å². The SMILES string of the molecule is COc1ccc(N2CCCCC2=O)cc1C1=C(CN2C(=O)O[C@H](c3cc(C)cc(C(F)(F)F)c3)[C@@H]2C)CC(C)(C)CC1. The van der Waals surface area contributed by atoms with Gasteiger partial charge in [-0.3, -0.25) is 9.69 Å². The number of aryl methyl sites for hydroxylation is 1. The van der Waals surface area contributed by atoms with Gasteiger partial charge in [-0.1, -0.05) is 25.5 Å². The molecule has 1 aliphatic carbocycles. The quantitative estimate of drug-likeness (QED) is 0.344. The highest BCUT2D eigenvalue weighted by Gasteiger charge is 2.42. The Hall–Kier alpha value is -3.49. The molecule has 2 aromatic carbocycles. The first-order chi connectivity index (χ1) is 19.8.